The Kier molecular flexibility index (Phi) is 8.81. The fourth-order valence-electron chi connectivity index (χ4n) is 4.45. The summed E-state index contributed by atoms with van der Waals surface area (Å²) >= 11 is 0. The van der Waals surface area contributed by atoms with Gasteiger partial charge in [0.25, 0.3) is 0 Å². The molecule has 0 saturated carbocycles. The van der Waals surface area contributed by atoms with Gasteiger partial charge in [-0.15, -0.1) is 0 Å². The summed E-state index contributed by atoms with van der Waals surface area (Å²) in [5.74, 6) is -0.410. The number of nitriles is 1. The number of hydrogen-bond acceptors (Lipinski definition) is 2. The van der Waals surface area contributed by atoms with Gasteiger partial charge in [0, 0.05) is 12.6 Å². The molecule has 0 spiro atoms. The fraction of sp³-hybridized carbons (Fsp3) is 0.500. The average molecular weight is 485 g/mol. The Morgan fingerprint density at radius 1 is 0.912 bits per heavy atom. The molecule has 0 aliphatic rings. The maximum Gasteiger partial charge on any atom is 0.417 e. The topological polar surface area (TPSA) is 27.0 Å². The smallest absolute Gasteiger partial charge is 0.299 e. The van der Waals surface area contributed by atoms with E-state index in [0.717, 1.165) is 18.1 Å². The van der Waals surface area contributed by atoms with E-state index >= 15 is 0 Å². The fourth-order valence-corrected chi connectivity index (χ4v) is 4.45. The number of halogens is 6. The maximum atomic E-state index is 13.5. The van der Waals surface area contributed by atoms with Gasteiger partial charge in [0.15, 0.2) is 0 Å². The van der Waals surface area contributed by atoms with Gasteiger partial charge in [0.2, 0.25) is 0 Å². The van der Waals surface area contributed by atoms with Crippen LogP contribution in [0.25, 0.3) is 0 Å². The highest BCUT2D eigenvalue weighted by Crippen LogP contribution is 2.44. The highest BCUT2D eigenvalue weighted by atomic mass is 19.4. The van der Waals surface area contributed by atoms with Crippen molar-refractivity contribution in [3.63, 3.8) is 0 Å². The number of rotatable bonds is 9. The van der Waals surface area contributed by atoms with Crippen LogP contribution in [0.2, 0.25) is 0 Å². The zero-order valence-electron chi connectivity index (χ0n) is 19.8. The molecule has 186 valence electrons. The molecule has 0 fully saturated rings. The summed E-state index contributed by atoms with van der Waals surface area (Å²) in [5.41, 5.74) is -3.79. The van der Waals surface area contributed by atoms with Crippen LogP contribution in [0.4, 0.5) is 26.3 Å². The predicted octanol–water partition coefficient (Wildman–Crippen LogP) is 7.83. The van der Waals surface area contributed by atoms with Crippen molar-refractivity contribution in [1.82, 2.24) is 4.90 Å². The summed E-state index contributed by atoms with van der Waals surface area (Å²) in [6.07, 6.45) is -8.86. The molecule has 0 aromatic heterocycles. The molecule has 0 aliphatic heterocycles. The summed E-state index contributed by atoms with van der Waals surface area (Å²) in [6.45, 7) is 6.08. The van der Waals surface area contributed by atoms with Crippen LogP contribution < -0.4 is 0 Å². The molecule has 0 N–H and O–H groups in total. The van der Waals surface area contributed by atoms with Crippen LogP contribution in [0, 0.1) is 17.2 Å². The van der Waals surface area contributed by atoms with Crippen molar-refractivity contribution in [3.05, 3.63) is 70.8 Å². The maximum absolute atomic E-state index is 13.5. The molecule has 0 amide bonds. The average Bonchev–Trinajstić information content (AvgIpc) is 2.76. The summed E-state index contributed by atoms with van der Waals surface area (Å²) in [6, 6.07) is 14.0. The zero-order valence-corrected chi connectivity index (χ0v) is 19.8. The molecule has 2 unspecified atom stereocenters. The third-order valence-electron chi connectivity index (χ3n) is 6.57. The molecule has 0 saturated heterocycles. The summed E-state index contributed by atoms with van der Waals surface area (Å²) in [7, 11) is 1.95. The number of nitrogens with zero attached hydrogens (tertiary/aromatic N) is 2. The molecule has 2 atom stereocenters. The van der Waals surface area contributed by atoms with E-state index in [1.54, 1.807) is 13.8 Å². The first-order valence-electron chi connectivity index (χ1n) is 11.2. The first kappa shape index (κ1) is 27.7. The molecule has 0 bridgehead atoms. The normalized spacial score (nSPS) is 15.3. The second-order valence-corrected chi connectivity index (χ2v) is 9.00. The lowest BCUT2D eigenvalue weighted by Gasteiger charge is -2.35. The van der Waals surface area contributed by atoms with Gasteiger partial charge < -0.3 is 0 Å². The second-order valence-electron chi connectivity index (χ2n) is 9.00. The van der Waals surface area contributed by atoms with Gasteiger partial charge in [-0.05, 0) is 55.5 Å². The third-order valence-corrected chi connectivity index (χ3v) is 6.57. The minimum Gasteiger partial charge on any atom is -0.299 e. The van der Waals surface area contributed by atoms with Crippen molar-refractivity contribution in [2.24, 2.45) is 5.92 Å². The summed E-state index contributed by atoms with van der Waals surface area (Å²) < 4.78 is 80.4. The summed E-state index contributed by atoms with van der Waals surface area (Å²) in [5, 5.41) is 10.1. The van der Waals surface area contributed by atoms with Crippen LogP contribution in [-0.2, 0) is 24.3 Å². The van der Waals surface area contributed by atoms with Gasteiger partial charge in [0.05, 0.1) is 22.6 Å². The Labute approximate surface area is 197 Å². The molecule has 2 aromatic carbocycles. The van der Waals surface area contributed by atoms with Crippen molar-refractivity contribution in [1.29, 1.82) is 5.26 Å². The number of hydrogen-bond donors (Lipinski definition) is 0. The third kappa shape index (κ3) is 6.32. The highest BCUT2D eigenvalue weighted by molar-refractivity contribution is 5.42. The molecular weight excluding hydrogens is 454 g/mol. The summed E-state index contributed by atoms with van der Waals surface area (Å²) in [4.78, 5) is 2.13. The molecule has 2 nitrogen and oxygen atoms in total. The Balaban J connectivity index is 2.40. The van der Waals surface area contributed by atoms with Crippen molar-refractivity contribution in [2.75, 3.05) is 7.05 Å². The van der Waals surface area contributed by atoms with E-state index in [9.17, 15) is 31.6 Å². The van der Waals surface area contributed by atoms with Crippen LogP contribution >= 0.6 is 0 Å². The number of benzene rings is 2. The monoisotopic (exact) mass is 484 g/mol. The Morgan fingerprint density at radius 3 is 1.97 bits per heavy atom. The van der Waals surface area contributed by atoms with Gasteiger partial charge in [-0.25, -0.2) is 0 Å². The van der Waals surface area contributed by atoms with E-state index in [0.29, 0.717) is 25.1 Å². The lowest BCUT2D eigenvalue weighted by molar-refractivity contribution is -0.162. The zero-order chi connectivity index (χ0) is 25.7. The van der Waals surface area contributed by atoms with Crippen LogP contribution in [0.3, 0.4) is 0 Å². The molecule has 0 aliphatic carbocycles. The van der Waals surface area contributed by atoms with Gasteiger partial charge in [-0.2, -0.15) is 31.6 Å². The minimum atomic E-state index is -5.19. The van der Waals surface area contributed by atoms with E-state index in [-0.39, 0.29) is 18.0 Å². The Hall–Kier alpha value is -2.53. The standard InChI is InChI=1S/C26H30F6N2/c1-5-21(34(4)16-19-9-7-6-8-10-19)13-14-24(17-33,18(2)3)20-11-12-22(25(27,28)29)23(15-20)26(30,31)32/h6-12,15,18,21H,5,13-14,16H2,1-4H3. The highest BCUT2D eigenvalue weighted by Gasteiger charge is 2.45. The van der Waals surface area contributed by atoms with Crippen LogP contribution in [0.1, 0.15) is 62.3 Å². The Morgan fingerprint density at radius 2 is 1.50 bits per heavy atom. The largest absolute Gasteiger partial charge is 0.417 e. The van der Waals surface area contributed by atoms with E-state index in [2.05, 4.69) is 11.0 Å². The molecule has 0 radical (unpaired) electrons. The van der Waals surface area contributed by atoms with Crippen molar-refractivity contribution < 1.29 is 26.3 Å². The molecule has 0 heterocycles. The van der Waals surface area contributed by atoms with E-state index in [1.165, 1.54) is 0 Å². The van der Waals surface area contributed by atoms with Crippen LogP contribution in [-0.4, -0.2) is 18.0 Å². The lowest BCUT2D eigenvalue weighted by atomic mass is 9.68. The quantitative estimate of drug-likeness (QED) is 0.339. The first-order chi connectivity index (χ1) is 15.8. The van der Waals surface area contributed by atoms with Gasteiger partial charge in [0.1, 0.15) is 0 Å². The molecule has 2 rings (SSSR count). The van der Waals surface area contributed by atoms with Gasteiger partial charge in [-0.3, -0.25) is 4.90 Å². The van der Waals surface area contributed by atoms with Gasteiger partial charge in [-0.1, -0.05) is 57.2 Å². The van der Waals surface area contributed by atoms with E-state index in [1.807, 2.05) is 44.3 Å². The first-order valence-corrected chi connectivity index (χ1v) is 11.2. The molecule has 2 aromatic rings. The van der Waals surface area contributed by atoms with Crippen molar-refractivity contribution in [2.45, 2.75) is 70.4 Å². The van der Waals surface area contributed by atoms with E-state index in [4.69, 9.17) is 0 Å². The number of alkyl halides is 6. The van der Waals surface area contributed by atoms with Crippen LogP contribution in [0.15, 0.2) is 48.5 Å². The second kappa shape index (κ2) is 10.8. The molecule has 8 heteroatoms. The van der Waals surface area contributed by atoms with Crippen molar-refractivity contribution in [3.8, 4) is 6.07 Å². The van der Waals surface area contributed by atoms with Crippen molar-refractivity contribution >= 4 is 0 Å². The Bertz CT molecular complexity index is 976. The van der Waals surface area contributed by atoms with Gasteiger partial charge >= 0.3 is 12.4 Å². The predicted molar refractivity (Wildman–Crippen MR) is 120 cm³/mol. The minimum absolute atomic E-state index is 0.0362. The molecular formula is C26H30F6N2. The molecule has 34 heavy (non-hydrogen) atoms. The van der Waals surface area contributed by atoms with Crippen LogP contribution in [0.5, 0.6) is 0 Å². The SMILES string of the molecule is CCC(CCC(C#N)(c1ccc(C(F)(F)F)c(C(F)(F)F)c1)C(C)C)N(C)Cc1ccccc1. The van der Waals surface area contributed by atoms with E-state index < -0.39 is 34.8 Å². The lowest BCUT2D eigenvalue weighted by Crippen LogP contribution is -2.36.